The van der Waals surface area contributed by atoms with Crippen LogP contribution in [0, 0.1) is 6.92 Å². The fourth-order valence-corrected chi connectivity index (χ4v) is 23.5. The van der Waals surface area contributed by atoms with Crippen molar-refractivity contribution < 1.29 is 17.9 Å². The maximum absolute atomic E-state index is 7.69. The normalized spacial score (nSPS) is 16.8. The molecule has 4 aromatic carbocycles. The summed E-state index contributed by atoms with van der Waals surface area (Å²) in [4.78, 5) is 0. The molecule has 0 bridgehead atoms. The molecule has 1 heterocycles. The Bertz CT molecular complexity index is 1550. The van der Waals surface area contributed by atoms with Gasteiger partial charge in [0.2, 0.25) is 0 Å². The summed E-state index contributed by atoms with van der Waals surface area (Å²) in [6.07, 6.45) is 2.38. The van der Waals surface area contributed by atoms with Gasteiger partial charge in [-0.1, -0.05) is 0 Å². The minimum absolute atomic E-state index is 0.118. The molecule has 0 radical (unpaired) electrons. The fourth-order valence-electron chi connectivity index (χ4n) is 6.40. The topological polar surface area (TPSA) is 0 Å². The molecule has 4 heteroatoms. The van der Waals surface area contributed by atoms with Crippen LogP contribution in [0.3, 0.4) is 0 Å². The predicted molar refractivity (Wildman–Crippen MR) is 158 cm³/mol. The first kappa shape index (κ1) is 24.6. The van der Waals surface area contributed by atoms with Crippen molar-refractivity contribution in [3.8, 4) is 22.3 Å². The molecule has 0 N–H and O–H groups in total. The van der Waals surface area contributed by atoms with Crippen molar-refractivity contribution >= 4 is 46.3 Å². The van der Waals surface area contributed by atoms with Gasteiger partial charge in [0.05, 0.1) is 0 Å². The van der Waals surface area contributed by atoms with Gasteiger partial charge in [-0.2, -0.15) is 0 Å². The SMILES string of the molecule is CC1=Cc2c(ccc(C)c2-c2ccccc2C(C)C)[CH]1[Zr]([Cl])([Cl])[c]1cccc2c1[SiH2]c1ccccc1-2. The Morgan fingerprint density at radius 2 is 1.47 bits per heavy atom. The van der Waals surface area contributed by atoms with Gasteiger partial charge in [0, 0.05) is 0 Å². The molecule has 0 aromatic heterocycles. The Balaban J connectivity index is 1.51. The quantitative estimate of drug-likeness (QED) is 0.192. The van der Waals surface area contributed by atoms with Gasteiger partial charge in [-0.05, 0) is 0 Å². The van der Waals surface area contributed by atoms with Gasteiger partial charge < -0.3 is 0 Å². The fraction of sp³-hybridized carbons (Fsp3) is 0.188. The molecule has 4 aromatic rings. The first-order valence-corrected chi connectivity index (χ1v) is 23.2. The summed E-state index contributed by atoms with van der Waals surface area (Å²) in [5, 5.41) is 3.00. The second-order valence-electron chi connectivity index (χ2n) is 10.6. The Kier molecular flexibility index (Phi) is 6.32. The first-order chi connectivity index (χ1) is 17.3. The summed E-state index contributed by atoms with van der Waals surface area (Å²) in [5.74, 6) is 0.455. The molecule has 0 fully saturated rings. The van der Waals surface area contributed by atoms with E-state index in [4.69, 9.17) is 17.0 Å². The maximum atomic E-state index is 7.69. The second-order valence-corrected chi connectivity index (χ2v) is 26.4. The van der Waals surface area contributed by atoms with Crippen LogP contribution in [-0.2, 0) is 17.9 Å². The molecule has 0 amide bonds. The van der Waals surface area contributed by atoms with Gasteiger partial charge in [0.25, 0.3) is 0 Å². The Morgan fingerprint density at radius 1 is 0.778 bits per heavy atom. The number of fused-ring (bicyclic) bond motifs is 4. The van der Waals surface area contributed by atoms with E-state index in [1.807, 2.05) is 0 Å². The van der Waals surface area contributed by atoms with Crippen LogP contribution in [0.15, 0.2) is 84.4 Å². The van der Waals surface area contributed by atoms with Crippen LogP contribution in [0.1, 0.15) is 52.6 Å². The van der Waals surface area contributed by atoms with Crippen LogP contribution in [0.4, 0.5) is 0 Å². The molecular formula is C32H30Cl2SiZr. The molecule has 2 aliphatic rings. The standard InChI is InChI=1S/C20H21.C12H9Si.2ClH.Zr/c1-13(2)17-7-5-6-8-18(17)20-15(4)9-10-16-11-14(3)12-19(16)20;1-3-7-11-9(5-1)10-6-2-4-8-12(10)13-11;;;/h5-13H,1-4H3;1-7H,13H2;2*1H;/q;;;;+2/p-2. The van der Waals surface area contributed by atoms with E-state index in [-0.39, 0.29) is 3.63 Å². The van der Waals surface area contributed by atoms with Crippen molar-refractivity contribution in [2.45, 2.75) is 37.2 Å². The number of rotatable bonds is 4. The van der Waals surface area contributed by atoms with Crippen LogP contribution in [-0.4, -0.2) is 9.52 Å². The van der Waals surface area contributed by atoms with Crippen LogP contribution in [0.2, 0.25) is 0 Å². The molecule has 6 rings (SSSR count). The average Bonchev–Trinajstić information content (AvgIpc) is 3.41. The van der Waals surface area contributed by atoms with E-state index in [2.05, 4.69) is 113 Å². The zero-order valence-corrected chi connectivity index (χ0v) is 26.6. The summed E-state index contributed by atoms with van der Waals surface area (Å²) in [6.45, 7) is 9.02. The number of hydrogen-bond acceptors (Lipinski definition) is 0. The average molecular weight is 605 g/mol. The van der Waals surface area contributed by atoms with Gasteiger partial charge in [-0.15, -0.1) is 0 Å². The van der Waals surface area contributed by atoms with Crippen molar-refractivity contribution in [3.05, 3.63) is 107 Å². The number of hydrogen-bond donors (Lipinski definition) is 0. The third kappa shape index (κ3) is 3.80. The zero-order valence-electron chi connectivity index (χ0n) is 21.2. The third-order valence-electron chi connectivity index (χ3n) is 8.05. The number of aryl methyl sites for hydroxylation is 1. The first-order valence-electron chi connectivity index (χ1n) is 12.8. The Labute approximate surface area is 228 Å². The second kappa shape index (κ2) is 9.25. The van der Waals surface area contributed by atoms with E-state index < -0.39 is 27.4 Å². The summed E-state index contributed by atoms with van der Waals surface area (Å²) >= 11 is -3.88. The van der Waals surface area contributed by atoms with E-state index in [1.54, 1.807) is 0 Å². The van der Waals surface area contributed by atoms with E-state index in [1.165, 1.54) is 63.7 Å². The van der Waals surface area contributed by atoms with Crippen LogP contribution in [0.5, 0.6) is 0 Å². The summed E-state index contributed by atoms with van der Waals surface area (Å²) in [5.41, 5.74) is 12.1. The van der Waals surface area contributed by atoms with Gasteiger partial charge in [-0.25, -0.2) is 0 Å². The molecule has 1 aliphatic heterocycles. The summed E-state index contributed by atoms with van der Waals surface area (Å²) < 4.78 is 1.41. The monoisotopic (exact) mass is 602 g/mol. The molecule has 1 aliphatic carbocycles. The van der Waals surface area contributed by atoms with E-state index in [9.17, 15) is 0 Å². The van der Waals surface area contributed by atoms with Crippen LogP contribution < -0.4 is 13.6 Å². The molecule has 0 spiro atoms. The molecular weight excluding hydrogens is 575 g/mol. The van der Waals surface area contributed by atoms with Crippen molar-refractivity contribution in [3.63, 3.8) is 0 Å². The van der Waals surface area contributed by atoms with Gasteiger partial charge in [-0.3, -0.25) is 0 Å². The molecule has 36 heavy (non-hydrogen) atoms. The molecule has 1 unspecified atom stereocenters. The zero-order chi connectivity index (χ0) is 25.2. The van der Waals surface area contributed by atoms with Gasteiger partial charge in [0.15, 0.2) is 0 Å². The van der Waals surface area contributed by atoms with Gasteiger partial charge in [0.1, 0.15) is 0 Å². The number of benzene rings is 4. The summed E-state index contributed by atoms with van der Waals surface area (Å²) in [6, 6.07) is 29.0. The van der Waals surface area contributed by atoms with Crippen LogP contribution in [0.25, 0.3) is 28.3 Å². The number of allylic oxidation sites excluding steroid dienone is 1. The van der Waals surface area contributed by atoms with Crippen LogP contribution >= 0.6 is 17.0 Å². The Morgan fingerprint density at radius 3 is 2.25 bits per heavy atom. The van der Waals surface area contributed by atoms with Gasteiger partial charge >= 0.3 is 230 Å². The molecule has 0 saturated heterocycles. The number of halogens is 2. The molecule has 0 saturated carbocycles. The molecule has 0 nitrogen and oxygen atoms in total. The van der Waals surface area contributed by atoms with E-state index >= 15 is 0 Å². The summed E-state index contributed by atoms with van der Waals surface area (Å²) in [7, 11) is 14.8. The van der Waals surface area contributed by atoms with Crippen molar-refractivity contribution in [2.75, 3.05) is 0 Å². The van der Waals surface area contributed by atoms with Crippen molar-refractivity contribution in [1.82, 2.24) is 0 Å². The van der Waals surface area contributed by atoms with E-state index in [0.29, 0.717) is 5.92 Å². The third-order valence-corrected chi connectivity index (χ3v) is 22.6. The predicted octanol–water partition coefficient (Wildman–Crippen LogP) is 7.13. The Hall–Kier alpha value is -1.70. The molecule has 1 atom stereocenters. The van der Waals surface area contributed by atoms with Crippen molar-refractivity contribution in [2.24, 2.45) is 0 Å². The molecule has 180 valence electrons. The van der Waals surface area contributed by atoms with E-state index in [0.717, 1.165) is 0 Å². The minimum atomic E-state index is -3.88. The van der Waals surface area contributed by atoms with Crippen molar-refractivity contribution in [1.29, 1.82) is 0 Å².